The fourth-order valence-corrected chi connectivity index (χ4v) is 3.94. The molecule has 1 aliphatic carbocycles. The van der Waals surface area contributed by atoms with Crippen LogP contribution < -0.4 is 0 Å². The van der Waals surface area contributed by atoms with Crippen LogP contribution in [0.25, 0.3) is 0 Å². The normalized spacial score (nSPS) is 27.0. The topological polar surface area (TPSA) is 62.9 Å². The van der Waals surface area contributed by atoms with E-state index < -0.39 is 0 Å². The van der Waals surface area contributed by atoms with E-state index in [1.165, 1.54) is 0 Å². The SMILES string of the molecule is CCO[C@@H]1C[C@@H](O)C12CCN(C(=O)c1oc(C)cc1C)CC2. The highest BCUT2D eigenvalue weighted by Gasteiger charge is 2.56. The molecule has 0 radical (unpaired) electrons. The van der Waals surface area contributed by atoms with Gasteiger partial charge in [-0.1, -0.05) is 0 Å². The van der Waals surface area contributed by atoms with Crippen LogP contribution in [0.1, 0.15) is 48.1 Å². The predicted octanol–water partition coefficient (Wildman–Crippen LogP) is 2.29. The third kappa shape index (κ3) is 2.36. The van der Waals surface area contributed by atoms with E-state index in [1.807, 2.05) is 31.7 Å². The monoisotopic (exact) mass is 307 g/mol. The summed E-state index contributed by atoms with van der Waals surface area (Å²) < 4.78 is 11.3. The van der Waals surface area contributed by atoms with Crippen LogP contribution in [-0.2, 0) is 4.74 Å². The first-order valence-corrected chi connectivity index (χ1v) is 8.14. The molecular weight excluding hydrogens is 282 g/mol. The Bertz CT molecular complexity index is 555. The van der Waals surface area contributed by atoms with Gasteiger partial charge in [-0.2, -0.15) is 0 Å². The minimum atomic E-state index is -0.297. The summed E-state index contributed by atoms with van der Waals surface area (Å²) in [4.78, 5) is 14.4. The number of carbonyl (C=O) groups excluding carboxylic acids is 1. The van der Waals surface area contributed by atoms with Gasteiger partial charge in [-0.05, 0) is 39.7 Å². The van der Waals surface area contributed by atoms with Gasteiger partial charge in [-0.3, -0.25) is 4.79 Å². The number of ether oxygens (including phenoxy) is 1. The van der Waals surface area contributed by atoms with Crippen molar-refractivity contribution in [2.24, 2.45) is 5.41 Å². The van der Waals surface area contributed by atoms with Crippen LogP contribution in [-0.4, -0.2) is 47.8 Å². The van der Waals surface area contributed by atoms with Gasteiger partial charge in [0.15, 0.2) is 5.76 Å². The maximum Gasteiger partial charge on any atom is 0.289 e. The second-order valence-corrected chi connectivity index (χ2v) is 6.59. The Balaban J connectivity index is 1.67. The molecule has 5 nitrogen and oxygen atoms in total. The maximum atomic E-state index is 12.6. The van der Waals surface area contributed by atoms with Crippen molar-refractivity contribution in [1.82, 2.24) is 4.90 Å². The number of furan rings is 1. The summed E-state index contributed by atoms with van der Waals surface area (Å²) in [6.07, 6.45) is 2.15. The van der Waals surface area contributed by atoms with Gasteiger partial charge in [0, 0.05) is 37.1 Å². The first-order valence-electron chi connectivity index (χ1n) is 8.14. The third-order valence-electron chi connectivity index (χ3n) is 5.33. The zero-order valence-corrected chi connectivity index (χ0v) is 13.6. The van der Waals surface area contributed by atoms with E-state index in [0.717, 1.165) is 30.6 Å². The summed E-state index contributed by atoms with van der Waals surface area (Å²) in [5.74, 6) is 1.17. The smallest absolute Gasteiger partial charge is 0.289 e. The Kier molecular flexibility index (Phi) is 4.03. The summed E-state index contributed by atoms with van der Waals surface area (Å²) in [6, 6.07) is 1.89. The van der Waals surface area contributed by atoms with Crippen molar-refractivity contribution in [2.75, 3.05) is 19.7 Å². The predicted molar refractivity (Wildman–Crippen MR) is 81.8 cm³/mol. The second-order valence-electron chi connectivity index (χ2n) is 6.59. The van der Waals surface area contributed by atoms with Crippen LogP contribution in [0.2, 0.25) is 0 Å². The van der Waals surface area contributed by atoms with Crippen LogP contribution in [0.4, 0.5) is 0 Å². The first-order chi connectivity index (χ1) is 10.5. The lowest BCUT2D eigenvalue weighted by atomic mass is 9.58. The van der Waals surface area contributed by atoms with Gasteiger partial charge >= 0.3 is 0 Å². The Labute approximate surface area is 131 Å². The number of hydrogen-bond acceptors (Lipinski definition) is 4. The lowest BCUT2D eigenvalue weighted by molar-refractivity contribution is -0.207. The summed E-state index contributed by atoms with van der Waals surface area (Å²) in [6.45, 7) is 7.71. The highest BCUT2D eigenvalue weighted by Crippen LogP contribution is 2.51. The fraction of sp³-hybridized carbons (Fsp3) is 0.706. The average Bonchev–Trinajstić information content (AvgIpc) is 2.85. The molecule has 0 bridgehead atoms. The summed E-state index contributed by atoms with van der Waals surface area (Å²) in [5, 5.41) is 10.2. The fourth-order valence-electron chi connectivity index (χ4n) is 3.94. The molecule has 122 valence electrons. The van der Waals surface area contributed by atoms with Crippen molar-refractivity contribution in [2.45, 2.75) is 52.2 Å². The highest BCUT2D eigenvalue weighted by molar-refractivity contribution is 5.93. The number of hydrogen-bond donors (Lipinski definition) is 1. The van der Waals surface area contributed by atoms with Crippen molar-refractivity contribution in [3.8, 4) is 0 Å². The van der Waals surface area contributed by atoms with Crippen LogP contribution in [0.5, 0.6) is 0 Å². The Morgan fingerprint density at radius 2 is 2.14 bits per heavy atom. The molecule has 3 rings (SSSR count). The minimum Gasteiger partial charge on any atom is -0.456 e. The van der Waals surface area contributed by atoms with E-state index in [1.54, 1.807) is 0 Å². The second kappa shape index (κ2) is 5.70. The Hall–Kier alpha value is -1.33. The quantitative estimate of drug-likeness (QED) is 0.930. The molecule has 1 saturated heterocycles. The van der Waals surface area contributed by atoms with Gasteiger partial charge in [-0.15, -0.1) is 0 Å². The number of aryl methyl sites for hydroxylation is 2. The molecule has 2 atom stereocenters. The van der Waals surface area contributed by atoms with Crippen molar-refractivity contribution >= 4 is 5.91 Å². The van der Waals surface area contributed by atoms with Gasteiger partial charge in [0.05, 0.1) is 12.2 Å². The number of nitrogens with zero attached hydrogens (tertiary/aromatic N) is 1. The van der Waals surface area contributed by atoms with E-state index in [0.29, 0.717) is 25.5 Å². The Morgan fingerprint density at radius 1 is 1.45 bits per heavy atom. The van der Waals surface area contributed by atoms with Crippen molar-refractivity contribution in [1.29, 1.82) is 0 Å². The van der Waals surface area contributed by atoms with Crippen LogP contribution in [0, 0.1) is 19.3 Å². The van der Waals surface area contributed by atoms with Crippen LogP contribution >= 0.6 is 0 Å². The summed E-state index contributed by atoms with van der Waals surface area (Å²) in [7, 11) is 0. The van der Waals surface area contributed by atoms with E-state index in [9.17, 15) is 9.90 Å². The zero-order valence-electron chi connectivity index (χ0n) is 13.6. The molecule has 1 N–H and O–H groups in total. The number of piperidine rings is 1. The number of aliphatic hydroxyl groups is 1. The zero-order chi connectivity index (χ0) is 15.9. The molecule has 1 aromatic rings. The molecule has 1 aliphatic heterocycles. The van der Waals surface area contributed by atoms with Crippen LogP contribution in [0.3, 0.4) is 0 Å². The third-order valence-corrected chi connectivity index (χ3v) is 5.33. The number of amides is 1. The molecule has 1 amide bonds. The van der Waals surface area contributed by atoms with Crippen molar-refractivity contribution in [3.63, 3.8) is 0 Å². The summed E-state index contributed by atoms with van der Waals surface area (Å²) in [5.41, 5.74) is 0.736. The number of likely N-dealkylation sites (tertiary alicyclic amines) is 1. The van der Waals surface area contributed by atoms with Crippen molar-refractivity contribution < 1.29 is 19.1 Å². The minimum absolute atomic E-state index is 0.0396. The number of rotatable bonds is 3. The molecule has 2 aliphatic rings. The average molecular weight is 307 g/mol. The van der Waals surface area contributed by atoms with E-state index in [2.05, 4.69) is 0 Å². The lowest BCUT2D eigenvalue weighted by Gasteiger charge is -2.56. The lowest BCUT2D eigenvalue weighted by Crippen LogP contribution is -2.62. The first kappa shape index (κ1) is 15.6. The molecule has 1 aromatic heterocycles. The van der Waals surface area contributed by atoms with Gasteiger partial charge in [0.25, 0.3) is 5.91 Å². The molecular formula is C17H25NO4. The van der Waals surface area contributed by atoms with Gasteiger partial charge in [0.1, 0.15) is 5.76 Å². The van der Waals surface area contributed by atoms with Crippen molar-refractivity contribution in [3.05, 3.63) is 23.2 Å². The van der Waals surface area contributed by atoms with Crippen LogP contribution in [0.15, 0.2) is 10.5 Å². The maximum absolute atomic E-state index is 12.6. The highest BCUT2D eigenvalue weighted by atomic mass is 16.5. The Morgan fingerprint density at radius 3 is 2.64 bits per heavy atom. The number of aliphatic hydroxyl groups excluding tert-OH is 1. The molecule has 2 heterocycles. The number of carbonyl (C=O) groups is 1. The van der Waals surface area contributed by atoms with E-state index in [-0.39, 0.29) is 23.5 Å². The van der Waals surface area contributed by atoms with Gasteiger partial charge in [0.2, 0.25) is 0 Å². The summed E-state index contributed by atoms with van der Waals surface area (Å²) >= 11 is 0. The largest absolute Gasteiger partial charge is 0.456 e. The molecule has 22 heavy (non-hydrogen) atoms. The molecule has 0 aromatic carbocycles. The van der Waals surface area contributed by atoms with E-state index in [4.69, 9.17) is 9.15 Å². The molecule has 1 saturated carbocycles. The standard InChI is InChI=1S/C17H25NO4/c1-4-21-14-10-13(19)17(14)5-7-18(8-6-17)16(20)15-11(2)9-12(3)22-15/h9,13-14,19H,4-8,10H2,1-3H3/t13-,14-/m1/s1. The van der Waals surface area contributed by atoms with Gasteiger partial charge in [-0.25, -0.2) is 0 Å². The molecule has 0 unspecified atom stereocenters. The molecule has 2 fully saturated rings. The van der Waals surface area contributed by atoms with E-state index >= 15 is 0 Å². The van der Waals surface area contributed by atoms with Gasteiger partial charge < -0.3 is 19.2 Å². The molecule has 5 heteroatoms. The molecule has 1 spiro atoms.